The van der Waals surface area contributed by atoms with Gasteiger partial charge in [-0.2, -0.15) is 0 Å². The molecule has 0 radical (unpaired) electrons. The van der Waals surface area contributed by atoms with Crippen LogP contribution in [0.3, 0.4) is 0 Å². The van der Waals surface area contributed by atoms with E-state index >= 15 is 0 Å². The number of rotatable bonds is 6. The zero-order valence-corrected chi connectivity index (χ0v) is 20.8. The van der Waals surface area contributed by atoms with Crippen molar-refractivity contribution in [2.45, 2.75) is 46.6 Å². The van der Waals surface area contributed by atoms with E-state index in [0.29, 0.717) is 17.9 Å². The summed E-state index contributed by atoms with van der Waals surface area (Å²) < 4.78 is 5.76. The molecule has 4 rings (SSSR count). The van der Waals surface area contributed by atoms with E-state index in [1.807, 2.05) is 95.3 Å². The van der Waals surface area contributed by atoms with E-state index < -0.39 is 17.7 Å². The second kappa shape index (κ2) is 9.79. The van der Waals surface area contributed by atoms with Gasteiger partial charge in [0.25, 0.3) is 11.7 Å². The Kier molecular flexibility index (Phi) is 6.79. The molecule has 1 amide bonds. The molecule has 1 atom stereocenters. The Morgan fingerprint density at radius 3 is 2.34 bits per heavy atom. The van der Waals surface area contributed by atoms with Gasteiger partial charge in [0.2, 0.25) is 0 Å². The molecule has 0 aromatic heterocycles. The summed E-state index contributed by atoms with van der Waals surface area (Å²) in [7, 11) is 0. The van der Waals surface area contributed by atoms with Crippen LogP contribution in [0.15, 0.2) is 72.3 Å². The van der Waals surface area contributed by atoms with Gasteiger partial charge in [0.15, 0.2) is 0 Å². The third-order valence-corrected chi connectivity index (χ3v) is 6.38. The first-order valence-electron chi connectivity index (χ1n) is 11.9. The number of amides is 1. The van der Waals surface area contributed by atoms with Crippen LogP contribution >= 0.6 is 0 Å². The fourth-order valence-electron chi connectivity index (χ4n) is 4.70. The minimum Gasteiger partial charge on any atom is -0.507 e. The molecule has 5 nitrogen and oxygen atoms in total. The first kappa shape index (κ1) is 24.3. The maximum Gasteiger partial charge on any atom is 0.300 e. The molecule has 1 fully saturated rings. The van der Waals surface area contributed by atoms with Gasteiger partial charge in [-0.3, -0.25) is 14.5 Å². The summed E-state index contributed by atoms with van der Waals surface area (Å²) >= 11 is 0. The van der Waals surface area contributed by atoms with Crippen molar-refractivity contribution in [1.82, 2.24) is 0 Å². The van der Waals surface area contributed by atoms with Gasteiger partial charge in [0.05, 0.1) is 18.2 Å². The summed E-state index contributed by atoms with van der Waals surface area (Å²) in [4.78, 5) is 28.3. The van der Waals surface area contributed by atoms with Crippen molar-refractivity contribution in [3.63, 3.8) is 0 Å². The minimum atomic E-state index is -0.744. The van der Waals surface area contributed by atoms with E-state index in [2.05, 4.69) is 0 Å². The molecule has 0 bridgehead atoms. The molecule has 0 spiro atoms. The smallest absolute Gasteiger partial charge is 0.300 e. The molecule has 1 unspecified atom stereocenters. The number of aliphatic hydroxyl groups excluding tert-OH is 1. The molecular weight excluding hydrogens is 438 g/mol. The Morgan fingerprint density at radius 2 is 1.71 bits per heavy atom. The highest BCUT2D eigenvalue weighted by Gasteiger charge is 2.47. The number of nitrogens with zero attached hydrogens (tertiary/aromatic N) is 1. The van der Waals surface area contributed by atoms with Crippen LogP contribution < -0.4 is 9.64 Å². The van der Waals surface area contributed by atoms with Gasteiger partial charge < -0.3 is 9.84 Å². The van der Waals surface area contributed by atoms with Crippen LogP contribution in [0, 0.1) is 13.8 Å². The number of benzene rings is 3. The van der Waals surface area contributed by atoms with Gasteiger partial charge in [-0.05, 0) is 67.6 Å². The minimum absolute atomic E-state index is 0.0834. The Morgan fingerprint density at radius 1 is 1.00 bits per heavy atom. The summed E-state index contributed by atoms with van der Waals surface area (Å²) in [5.74, 6) is -0.644. The fourth-order valence-corrected chi connectivity index (χ4v) is 4.70. The predicted molar refractivity (Wildman–Crippen MR) is 139 cm³/mol. The lowest BCUT2D eigenvalue weighted by Gasteiger charge is -2.27. The van der Waals surface area contributed by atoms with Crippen LogP contribution in [0.2, 0.25) is 0 Å². The predicted octanol–water partition coefficient (Wildman–Crippen LogP) is 6.45. The normalized spacial score (nSPS) is 17.3. The highest BCUT2D eigenvalue weighted by molar-refractivity contribution is 6.51. The molecule has 0 saturated carbocycles. The summed E-state index contributed by atoms with van der Waals surface area (Å²) in [5, 5.41) is 11.5. The lowest BCUT2D eigenvalue weighted by molar-refractivity contribution is -0.132. The van der Waals surface area contributed by atoms with Crippen LogP contribution in [0.5, 0.6) is 5.75 Å². The van der Waals surface area contributed by atoms with Crippen molar-refractivity contribution in [2.75, 3.05) is 11.5 Å². The van der Waals surface area contributed by atoms with Crippen LogP contribution in [0.25, 0.3) is 5.76 Å². The second-order valence-electron chi connectivity index (χ2n) is 9.21. The molecule has 1 saturated heterocycles. The zero-order valence-electron chi connectivity index (χ0n) is 20.8. The lowest BCUT2D eigenvalue weighted by atomic mass is 9.93. The highest BCUT2D eigenvalue weighted by Crippen LogP contribution is 2.43. The molecule has 1 aliphatic rings. The first-order chi connectivity index (χ1) is 16.7. The number of hydrogen-bond donors (Lipinski definition) is 1. The van der Waals surface area contributed by atoms with Crippen molar-refractivity contribution >= 4 is 23.1 Å². The summed E-state index contributed by atoms with van der Waals surface area (Å²) in [6, 6.07) is 19.8. The number of ketones is 1. The van der Waals surface area contributed by atoms with Crippen LogP contribution in [-0.4, -0.2) is 23.4 Å². The van der Waals surface area contributed by atoms with Crippen LogP contribution in [0.4, 0.5) is 5.69 Å². The quantitative estimate of drug-likeness (QED) is 0.256. The van der Waals surface area contributed by atoms with Crippen molar-refractivity contribution in [3.8, 4) is 5.75 Å². The van der Waals surface area contributed by atoms with Crippen molar-refractivity contribution in [1.29, 1.82) is 0 Å². The molecule has 1 heterocycles. The number of carbonyl (C=O) groups is 2. The first-order valence-corrected chi connectivity index (χ1v) is 11.9. The van der Waals surface area contributed by atoms with E-state index in [9.17, 15) is 14.7 Å². The molecule has 3 aromatic carbocycles. The molecule has 3 aromatic rings. The van der Waals surface area contributed by atoms with Crippen molar-refractivity contribution in [3.05, 3.63) is 100 Å². The summed E-state index contributed by atoms with van der Waals surface area (Å²) in [6.45, 7) is 10.4. The number of hydrogen-bond acceptors (Lipinski definition) is 4. The van der Waals surface area contributed by atoms with Crippen LogP contribution in [0.1, 0.15) is 60.5 Å². The van der Waals surface area contributed by atoms with E-state index in [-0.39, 0.29) is 17.3 Å². The van der Waals surface area contributed by atoms with Gasteiger partial charge in [-0.1, -0.05) is 61.9 Å². The number of aliphatic hydroxyl groups is 1. The largest absolute Gasteiger partial charge is 0.507 e. The number of ether oxygens (including phenoxy) is 1. The van der Waals surface area contributed by atoms with Gasteiger partial charge >= 0.3 is 0 Å². The van der Waals surface area contributed by atoms with Gasteiger partial charge in [-0.25, -0.2) is 0 Å². The monoisotopic (exact) mass is 469 g/mol. The van der Waals surface area contributed by atoms with Crippen LogP contribution in [-0.2, 0) is 9.59 Å². The number of aryl methyl sites for hydroxylation is 2. The Hall–Kier alpha value is -3.86. The molecule has 0 aliphatic carbocycles. The van der Waals surface area contributed by atoms with Crippen molar-refractivity contribution in [2.24, 2.45) is 0 Å². The van der Waals surface area contributed by atoms with Gasteiger partial charge in [0.1, 0.15) is 11.5 Å². The molecule has 35 heavy (non-hydrogen) atoms. The maximum absolute atomic E-state index is 13.4. The number of anilines is 1. The topological polar surface area (TPSA) is 66.8 Å². The fraction of sp³-hybridized carbons (Fsp3) is 0.267. The molecule has 5 heteroatoms. The Bertz CT molecular complexity index is 1310. The van der Waals surface area contributed by atoms with Gasteiger partial charge in [0, 0.05) is 11.3 Å². The average Bonchev–Trinajstić information content (AvgIpc) is 3.10. The highest BCUT2D eigenvalue weighted by atomic mass is 16.5. The number of Topliss-reactive ketones (excluding diaryl/α,β-unsaturated/α-hetero) is 1. The Balaban J connectivity index is 1.94. The second-order valence-corrected chi connectivity index (χ2v) is 9.21. The van der Waals surface area contributed by atoms with E-state index in [0.717, 1.165) is 28.0 Å². The molecule has 180 valence electrons. The molecule has 1 N–H and O–H groups in total. The summed E-state index contributed by atoms with van der Waals surface area (Å²) in [6.07, 6.45) is 0. The summed E-state index contributed by atoms with van der Waals surface area (Å²) in [5.41, 5.74) is 4.85. The standard InChI is InChI=1S/C30H31NO4/c1-6-35-25-15-13-22(17-23(25)18(2)3)28(32)26-27(21-10-8-7-9-11-21)31(30(34)29(26)33)24-14-12-19(4)16-20(24)5/h7-18,27,32H,6H2,1-5H3/b28-26-. The maximum atomic E-state index is 13.4. The third kappa shape index (κ3) is 4.46. The molecular formula is C30H31NO4. The lowest BCUT2D eigenvalue weighted by Crippen LogP contribution is -2.30. The molecule has 1 aliphatic heterocycles. The zero-order chi connectivity index (χ0) is 25.3. The van der Waals surface area contributed by atoms with Crippen molar-refractivity contribution < 1.29 is 19.4 Å². The van der Waals surface area contributed by atoms with E-state index in [4.69, 9.17) is 4.74 Å². The number of carbonyl (C=O) groups excluding carboxylic acids is 2. The van der Waals surface area contributed by atoms with E-state index in [1.54, 1.807) is 6.07 Å². The average molecular weight is 470 g/mol. The SMILES string of the molecule is CCOc1ccc(/C(O)=C2/C(=O)C(=O)N(c3ccc(C)cc3C)C2c2ccccc2)cc1C(C)C. The van der Waals surface area contributed by atoms with Gasteiger partial charge in [-0.15, -0.1) is 0 Å². The Labute approximate surface area is 206 Å². The van der Waals surface area contributed by atoms with E-state index in [1.165, 1.54) is 4.90 Å². The third-order valence-electron chi connectivity index (χ3n) is 6.38.